The molecule has 0 aliphatic carbocycles. The van der Waals surface area contributed by atoms with Gasteiger partial charge in [-0.1, -0.05) is 33.1 Å². The quantitative estimate of drug-likeness (QED) is 0.729. The SMILES string of the molecule is CCCCCN1C(=O)C(C)Oc2ccc(NC(=O)CCCC)cc21. The molecule has 1 aromatic carbocycles. The van der Waals surface area contributed by atoms with Crippen LogP contribution < -0.4 is 15.0 Å². The molecule has 0 fully saturated rings. The first kappa shape index (κ1) is 18.3. The number of hydrogen-bond donors (Lipinski definition) is 1. The Labute approximate surface area is 144 Å². The van der Waals surface area contributed by atoms with Gasteiger partial charge in [-0.15, -0.1) is 0 Å². The number of amides is 2. The summed E-state index contributed by atoms with van der Waals surface area (Å²) in [6.07, 6.45) is 5.06. The van der Waals surface area contributed by atoms with Gasteiger partial charge in [0.2, 0.25) is 5.91 Å². The number of unbranched alkanes of at least 4 members (excludes halogenated alkanes) is 3. The van der Waals surface area contributed by atoms with Crippen LogP contribution in [0.15, 0.2) is 18.2 Å². The number of hydrogen-bond acceptors (Lipinski definition) is 3. The van der Waals surface area contributed by atoms with Gasteiger partial charge in [-0.2, -0.15) is 0 Å². The molecule has 0 saturated carbocycles. The zero-order valence-electron chi connectivity index (χ0n) is 14.9. The normalized spacial score (nSPS) is 16.5. The molecule has 24 heavy (non-hydrogen) atoms. The molecule has 1 aliphatic rings. The summed E-state index contributed by atoms with van der Waals surface area (Å²) in [5.74, 6) is 0.684. The van der Waals surface area contributed by atoms with Crippen LogP contribution in [0.1, 0.15) is 59.3 Å². The standard InChI is InChI=1S/C19H28N2O3/c1-4-6-8-12-21-16-13-15(20-18(22)9-7-5-2)10-11-17(16)24-14(3)19(21)23/h10-11,13-14H,4-9,12H2,1-3H3,(H,20,22). The highest BCUT2D eigenvalue weighted by molar-refractivity contribution is 6.01. The first-order valence-electron chi connectivity index (χ1n) is 8.98. The molecule has 0 spiro atoms. The van der Waals surface area contributed by atoms with E-state index in [0.29, 0.717) is 24.4 Å². The van der Waals surface area contributed by atoms with Crippen LogP contribution in [0.3, 0.4) is 0 Å². The largest absolute Gasteiger partial charge is 0.479 e. The molecule has 5 nitrogen and oxygen atoms in total. The number of anilines is 2. The van der Waals surface area contributed by atoms with Crippen LogP contribution in [0.4, 0.5) is 11.4 Å². The van der Waals surface area contributed by atoms with Crippen LogP contribution in [0.5, 0.6) is 5.75 Å². The molecule has 1 atom stereocenters. The van der Waals surface area contributed by atoms with Crippen molar-refractivity contribution in [2.24, 2.45) is 0 Å². The lowest BCUT2D eigenvalue weighted by Gasteiger charge is -2.33. The third-order valence-corrected chi connectivity index (χ3v) is 4.19. The molecule has 1 heterocycles. The monoisotopic (exact) mass is 332 g/mol. The molecule has 1 unspecified atom stereocenters. The van der Waals surface area contributed by atoms with Crippen molar-refractivity contribution in [3.8, 4) is 5.75 Å². The van der Waals surface area contributed by atoms with Gasteiger partial charge in [0.25, 0.3) is 5.91 Å². The Morgan fingerprint density at radius 2 is 1.96 bits per heavy atom. The molecule has 0 bridgehead atoms. The van der Waals surface area contributed by atoms with Crippen molar-refractivity contribution in [2.45, 2.75) is 65.4 Å². The number of fused-ring (bicyclic) bond motifs is 1. The van der Waals surface area contributed by atoms with E-state index in [2.05, 4.69) is 19.2 Å². The van der Waals surface area contributed by atoms with Gasteiger partial charge in [-0.3, -0.25) is 9.59 Å². The Bertz CT molecular complexity index is 586. The molecule has 1 N–H and O–H groups in total. The van der Waals surface area contributed by atoms with Crippen molar-refractivity contribution in [1.29, 1.82) is 0 Å². The van der Waals surface area contributed by atoms with Crippen molar-refractivity contribution in [1.82, 2.24) is 0 Å². The van der Waals surface area contributed by atoms with E-state index in [1.807, 2.05) is 18.2 Å². The minimum atomic E-state index is -0.468. The van der Waals surface area contributed by atoms with Crippen molar-refractivity contribution >= 4 is 23.2 Å². The summed E-state index contributed by atoms with van der Waals surface area (Å²) in [7, 11) is 0. The Hall–Kier alpha value is -2.04. The van der Waals surface area contributed by atoms with E-state index >= 15 is 0 Å². The van der Waals surface area contributed by atoms with E-state index in [9.17, 15) is 9.59 Å². The van der Waals surface area contributed by atoms with Gasteiger partial charge in [0, 0.05) is 18.7 Å². The summed E-state index contributed by atoms with van der Waals surface area (Å²) in [5.41, 5.74) is 1.46. The van der Waals surface area contributed by atoms with Crippen LogP contribution >= 0.6 is 0 Å². The fourth-order valence-corrected chi connectivity index (χ4v) is 2.80. The predicted molar refractivity (Wildman–Crippen MR) is 96.6 cm³/mol. The van der Waals surface area contributed by atoms with Gasteiger partial charge in [0.1, 0.15) is 5.75 Å². The molecule has 1 aromatic rings. The second-order valence-electron chi connectivity index (χ2n) is 6.29. The lowest BCUT2D eigenvalue weighted by molar-refractivity contribution is -0.125. The lowest BCUT2D eigenvalue weighted by Crippen LogP contribution is -2.44. The Balaban J connectivity index is 2.17. The molecule has 0 radical (unpaired) electrons. The number of nitrogens with zero attached hydrogens (tertiary/aromatic N) is 1. The minimum absolute atomic E-state index is 0.00533. The van der Waals surface area contributed by atoms with Gasteiger partial charge in [0.15, 0.2) is 6.10 Å². The Morgan fingerprint density at radius 3 is 2.67 bits per heavy atom. The first-order valence-corrected chi connectivity index (χ1v) is 8.98. The summed E-state index contributed by atoms with van der Waals surface area (Å²) < 4.78 is 5.70. The summed E-state index contributed by atoms with van der Waals surface area (Å²) >= 11 is 0. The van der Waals surface area contributed by atoms with Gasteiger partial charge < -0.3 is 15.0 Å². The fraction of sp³-hybridized carbons (Fsp3) is 0.579. The summed E-state index contributed by atoms with van der Waals surface area (Å²) in [4.78, 5) is 26.2. The van der Waals surface area contributed by atoms with Gasteiger partial charge in [-0.05, 0) is 38.0 Å². The van der Waals surface area contributed by atoms with E-state index in [4.69, 9.17) is 4.74 Å². The number of nitrogens with one attached hydrogen (secondary N) is 1. The second-order valence-corrected chi connectivity index (χ2v) is 6.29. The highest BCUT2D eigenvalue weighted by Gasteiger charge is 2.31. The van der Waals surface area contributed by atoms with Crippen LogP contribution in [0.25, 0.3) is 0 Å². The van der Waals surface area contributed by atoms with Crippen molar-refractivity contribution in [3.63, 3.8) is 0 Å². The van der Waals surface area contributed by atoms with E-state index in [0.717, 1.165) is 37.8 Å². The summed E-state index contributed by atoms with van der Waals surface area (Å²) in [6.45, 7) is 6.66. The van der Waals surface area contributed by atoms with E-state index in [1.165, 1.54) is 0 Å². The van der Waals surface area contributed by atoms with E-state index in [1.54, 1.807) is 11.8 Å². The number of carbonyl (C=O) groups excluding carboxylic acids is 2. The molecule has 1 aliphatic heterocycles. The Morgan fingerprint density at radius 1 is 1.21 bits per heavy atom. The predicted octanol–water partition coefficient (Wildman–Crippen LogP) is 4.12. The van der Waals surface area contributed by atoms with Gasteiger partial charge in [-0.25, -0.2) is 0 Å². The van der Waals surface area contributed by atoms with Crippen molar-refractivity contribution in [3.05, 3.63) is 18.2 Å². The van der Waals surface area contributed by atoms with Gasteiger partial charge >= 0.3 is 0 Å². The lowest BCUT2D eigenvalue weighted by atomic mass is 10.1. The molecular formula is C19H28N2O3. The smallest absolute Gasteiger partial charge is 0.267 e. The second kappa shape index (κ2) is 8.71. The van der Waals surface area contributed by atoms with Crippen LogP contribution in [0, 0.1) is 0 Å². The van der Waals surface area contributed by atoms with Crippen LogP contribution in [-0.2, 0) is 9.59 Å². The molecule has 132 valence electrons. The first-order chi connectivity index (χ1) is 11.6. The van der Waals surface area contributed by atoms with Crippen LogP contribution in [-0.4, -0.2) is 24.5 Å². The average molecular weight is 332 g/mol. The summed E-state index contributed by atoms with van der Waals surface area (Å²) in [6, 6.07) is 5.50. The van der Waals surface area contributed by atoms with E-state index < -0.39 is 6.10 Å². The highest BCUT2D eigenvalue weighted by Crippen LogP contribution is 2.36. The maximum absolute atomic E-state index is 12.5. The van der Waals surface area contributed by atoms with Crippen LogP contribution in [0.2, 0.25) is 0 Å². The summed E-state index contributed by atoms with van der Waals surface area (Å²) in [5, 5.41) is 2.91. The van der Waals surface area contributed by atoms with Crippen molar-refractivity contribution < 1.29 is 14.3 Å². The Kier molecular flexibility index (Phi) is 6.64. The van der Waals surface area contributed by atoms with Gasteiger partial charge in [0.05, 0.1) is 5.69 Å². The maximum Gasteiger partial charge on any atom is 0.267 e. The van der Waals surface area contributed by atoms with E-state index in [-0.39, 0.29) is 11.8 Å². The zero-order valence-corrected chi connectivity index (χ0v) is 14.9. The zero-order chi connectivity index (χ0) is 17.5. The topological polar surface area (TPSA) is 58.6 Å². The number of rotatable bonds is 8. The molecule has 0 saturated heterocycles. The molecule has 0 aromatic heterocycles. The molecule has 2 rings (SSSR count). The maximum atomic E-state index is 12.5. The van der Waals surface area contributed by atoms with Crippen molar-refractivity contribution in [2.75, 3.05) is 16.8 Å². The highest BCUT2D eigenvalue weighted by atomic mass is 16.5. The number of benzene rings is 1. The number of ether oxygens (including phenoxy) is 1. The third-order valence-electron chi connectivity index (χ3n) is 4.19. The minimum Gasteiger partial charge on any atom is -0.479 e. The number of carbonyl (C=O) groups is 2. The average Bonchev–Trinajstić information content (AvgIpc) is 2.57. The fourth-order valence-electron chi connectivity index (χ4n) is 2.80. The molecule has 5 heteroatoms. The molecular weight excluding hydrogens is 304 g/mol. The molecule has 2 amide bonds. The third kappa shape index (κ3) is 4.49.